The van der Waals surface area contributed by atoms with Crippen molar-refractivity contribution in [1.29, 1.82) is 0 Å². The van der Waals surface area contributed by atoms with Gasteiger partial charge in [0.25, 0.3) is 0 Å². The molecule has 0 spiro atoms. The van der Waals surface area contributed by atoms with Crippen LogP contribution in [0, 0.1) is 6.92 Å². The zero-order chi connectivity index (χ0) is 25.4. The van der Waals surface area contributed by atoms with E-state index in [1.54, 1.807) is 0 Å². The van der Waals surface area contributed by atoms with E-state index in [0.29, 0.717) is 25.2 Å². The lowest BCUT2D eigenvalue weighted by Crippen LogP contribution is -2.64. The van der Waals surface area contributed by atoms with Crippen LogP contribution < -0.4 is 10.6 Å². The fourth-order valence-corrected chi connectivity index (χ4v) is 4.44. The van der Waals surface area contributed by atoms with Crippen LogP contribution in [-0.2, 0) is 11.0 Å². The van der Waals surface area contributed by atoms with Gasteiger partial charge < -0.3 is 15.5 Å². The summed E-state index contributed by atoms with van der Waals surface area (Å²) in [5.74, 6) is -0.0268. The van der Waals surface area contributed by atoms with Crippen molar-refractivity contribution >= 4 is 23.2 Å². The fraction of sp³-hybridized carbons (Fsp3) is 0.652. The predicted octanol–water partition coefficient (Wildman–Crippen LogP) is 3.48. The molecule has 2 saturated heterocycles. The lowest BCUT2D eigenvalue weighted by atomic mass is 9.87. The minimum absolute atomic E-state index is 0.0704. The Hall–Kier alpha value is -2.73. The minimum atomic E-state index is -4.58. The second-order valence-corrected chi connectivity index (χ2v) is 9.91. The van der Waals surface area contributed by atoms with Crippen LogP contribution in [0.2, 0.25) is 0 Å². The second kappa shape index (κ2) is 9.73. The highest BCUT2D eigenvalue weighted by Crippen LogP contribution is 2.34. The third-order valence-corrected chi connectivity index (χ3v) is 7.02. The van der Waals surface area contributed by atoms with Crippen molar-refractivity contribution in [3.8, 4) is 0 Å². The SMILES string of the molecule is Cc1nn(C2CCN(C)CC2)cc1Nc1ncc(C(F)(F)F)c(NCCCN2CC(=O)C2(C)C)n1. The smallest absolute Gasteiger partial charge is 0.369 e. The molecular formula is C23H33F3N8O. The predicted molar refractivity (Wildman–Crippen MR) is 127 cm³/mol. The topological polar surface area (TPSA) is 91.2 Å². The van der Waals surface area contributed by atoms with Gasteiger partial charge in [-0.3, -0.25) is 14.4 Å². The van der Waals surface area contributed by atoms with Crippen molar-refractivity contribution in [2.75, 3.05) is 50.4 Å². The Morgan fingerprint density at radius 2 is 1.94 bits per heavy atom. The molecule has 0 aromatic carbocycles. The number of aromatic nitrogens is 4. The van der Waals surface area contributed by atoms with E-state index in [0.717, 1.165) is 37.8 Å². The average Bonchev–Trinajstić information content (AvgIpc) is 3.15. The number of nitrogens with one attached hydrogen (secondary N) is 2. The van der Waals surface area contributed by atoms with Crippen molar-refractivity contribution < 1.29 is 18.0 Å². The number of rotatable bonds is 8. The van der Waals surface area contributed by atoms with E-state index < -0.39 is 17.3 Å². The number of hydrogen-bond donors (Lipinski definition) is 2. The van der Waals surface area contributed by atoms with Crippen molar-refractivity contribution in [2.24, 2.45) is 0 Å². The summed E-state index contributed by atoms with van der Waals surface area (Å²) in [6, 6.07) is 0.290. The zero-order valence-electron chi connectivity index (χ0n) is 20.6. The maximum Gasteiger partial charge on any atom is 0.421 e. The summed E-state index contributed by atoms with van der Waals surface area (Å²) in [4.78, 5) is 24.0. The first-order valence-corrected chi connectivity index (χ1v) is 11.9. The number of nitrogens with zero attached hydrogens (tertiary/aromatic N) is 6. The quantitative estimate of drug-likeness (QED) is 0.539. The molecule has 0 amide bonds. The summed E-state index contributed by atoms with van der Waals surface area (Å²) in [5, 5.41) is 10.4. The molecule has 2 aliphatic heterocycles. The summed E-state index contributed by atoms with van der Waals surface area (Å²) < 4.78 is 42.6. The summed E-state index contributed by atoms with van der Waals surface area (Å²) in [7, 11) is 2.10. The monoisotopic (exact) mass is 494 g/mol. The number of halogens is 3. The van der Waals surface area contributed by atoms with Gasteiger partial charge >= 0.3 is 6.18 Å². The molecule has 2 N–H and O–H groups in total. The van der Waals surface area contributed by atoms with Crippen LogP contribution in [0.1, 0.15) is 50.4 Å². The molecule has 0 unspecified atom stereocenters. The van der Waals surface area contributed by atoms with E-state index in [1.165, 1.54) is 0 Å². The van der Waals surface area contributed by atoms with Gasteiger partial charge in [0.2, 0.25) is 5.95 Å². The maximum atomic E-state index is 13.6. The molecule has 0 bridgehead atoms. The summed E-state index contributed by atoms with van der Waals surface area (Å²) in [6.07, 6.45) is 0.640. The Labute approximate surface area is 203 Å². The number of ketones is 1. The number of hydrogen-bond acceptors (Lipinski definition) is 8. The van der Waals surface area contributed by atoms with Gasteiger partial charge in [-0.05, 0) is 60.2 Å². The van der Waals surface area contributed by atoms with Crippen LogP contribution in [0.4, 0.5) is 30.6 Å². The first-order chi connectivity index (χ1) is 16.4. The molecule has 35 heavy (non-hydrogen) atoms. The molecule has 9 nitrogen and oxygen atoms in total. The van der Waals surface area contributed by atoms with Crippen molar-refractivity contribution in [2.45, 2.75) is 57.8 Å². The van der Waals surface area contributed by atoms with Crippen LogP contribution >= 0.6 is 0 Å². The van der Waals surface area contributed by atoms with E-state index in [4.69, 9.17) is 0 Å². The lowest BCUT2D eigenvalue weighted by molar-refractivity contribution is -0.144. The van der Waals surface area contributed by atoms with E-state index in [1.807, 2.05) is 36.5 Å². The highest BCUT2D eigenvalue weighted by molar-refractivity contribution is 5.94. The number of carbonyl (C=O) groups is 1. The van der Waals surface area contributed by atoms with Crippen LogP contribution in [0.3, 0.4) is 0 Å². The Morgan fingerprint density at radius 3 is 2.57 bits per heavy atom. The number of alkyl halides is 3. The molecule has 2 aromatic rings. The van der Waals surface area contributed by atoms with Gasteiger partial charge in [0.05, 0.1) is 29.5 Å². The largest absolute Gasteiger partial charge is 0.421 e. The van der Waals surface area contributed by atoms with Crippen molar-refractivity contribution in [1.82, 2.24) is 29.5 Å². The van der Waals surface area contributed by atoms with Gasteiger partial charge in [0, 0.05) is 25.5 Å². The van der Waals surface area contributed by atoms with Crippen LogP contribution in [-0.4, -0.2) is 80.6 Å². The van der Waals surface area contributed by atoms with Crippen LogP contribution in [0.25, 0.3) is 0 Å². The van der Waals surface area contributed by atoms with Gasteiger partial charge in [-0.2, -0.15) is 23.3 Å². The molecule has 0 saturated carbocycles. The van der Waals surface area contributed by atoms with Gasteiger partial charge in [-0.15, -0.1) is 0 Å². The van der Waals surface area contributed by atoms with Crippen molar-refractivity contribution in [3.05, 3.63) is 23.7 Å². The molecule has 0 radical (unpaired) electrons. The van der Waals surface area contributed by atoms with Crippen LogP contribution in [0.15, 0.2) is 12.4 Å². The van der Waals surface area contributed by atoms with Gasteiger partial charge in [0.1, 0.15) is 11.4 Å². The molecule has 0 aliphatic carbocycles. The first-order valence-electron chi connectivity index (χ1n) is 11.9. The number of likely N-dealkylation sites (tertiary alicyclic amines) is 2. The number of Topliss-reactive ketones (excluding diaryl/α,β-unsaturated/α-hetero) is 1. The van der Waals surface area contributed by atoms with E-state index in [9.17, 15) is 18.0 Å². The highest BCUT2D eigenvalue weighted by Gasteiger charge is 2.44. The van der Waals surface area contributed by atoms with Crippen molar-refractivity contribution in [3.63, 3.8) is 0 Å². The molecule has 2 aliphatic rings. The molecule has 2 aromatic heterocycles. The van der Waals surface area contributed by atoms with Crippen LogP contribution in [0.5, 0.6) is 0 Å². The normalized spacial score (nSPS) is 19.6. The Morgan fingerprint density at radius 1 is 1.23 bits per heavy atom. The minimum Gasteiger partial charge on any atom is -0.369 e. The second-order valence-electron chi connectivity index (χ2n) is 9.91. The molecule has 0 atom stereocenters. The summed E-state index contributed by atoms with van der Waals surface area (Å²) in [5.41, 5.74) is -0.0203. The molecule has 12 heteroatoms. The molecule has 4 rings (SSSR count). The number of aryl methyl sites for hydroxylation is 1. The standard InChI is InChI=1S/C23H33F3N8O/c1-15-18(13-34(31-15)16-6-10-32(4)11-7-16)29-21-28-12-17(23(24,25)26)20(30-21)27-8-5-9-33-14-19(35)22(33,2)3/h12-13,16H,5-11,14H2,1-4H3,(H2,27,28,29,30). The molecular weight excluding hydrogens is 461 g/mol. The molecule has 192 valence electrons. The Bertz CT molecular complexity index is 1060. The summed E-state index contributed by atoms with van der Waals surface area (Å²) in [6.45, 7) is 8.82. The zero-order valence-corrected chi connectivity index (χ0v) is 20.6. The van der Waals surface area contributed by atoms with Gasteiger partial charge in [0.15, 0.2) is 5.78 Å². The third kappa shape index (κ3) is 5.58. The van der Waals surface area contributed by atoms with Gasteiger partial charge in [-0.1, -0.05) is 0 Å². The maximum absolute atomic E-state index is 13.6. The first kappa shape index (κ1) is 25.4. The molecule has 4 heterocycles. The van der Waals surface area contributed by atoms with Gasteiger partial charge in [-0.25, -0.2) is 4.98 Å². The Kier molecular flexibility index (Phi) is 7.05. The highest BCUT2D eigenvalue weighted by atomic mass is 19.4. The lowest BCUT2D eigenvalue weighted by Gasteiger charge is -2.46. The van der Waals surface area contributed by atoms with E-state index in [-0.39, 0.29) is 30.1 Å². The summed E-state index contributed by atoms with van der Waals surface area (Å²) >= 11 is 0. The van der Waals surface area contributed by atoms with E-state index in [2.05, 4.69) is 37.6 Å². The van der Waals surface area contributed by atoms with E-state index >= 15 is 0 Å². The Balaban J connectivity index is 1.42. The fourth-order valence-electron chi connectivity index (χ4n) is 4.44. The third-order valence-electron chi connectivity index (χ3n) is 7.02. The average molecular weight is 495 g/mol. The molecule has 2 fully saturated rings. The number of carbonyl (C=O) groups excluding carboxylic acids is 1. The number of piperidine rings is 1. The number of anilines is 3.